The molecule has 2 aromatic rings. The minimum atomic E-state index is -0.461. The fraction of sp³-hybridized carbons (Fsp3) is 0.176. The van der Waals surface area contributed by atoms with Crippen LogP contribution < -0.4 is 4.74 Å². The molecule has 0 bridgehead atoms. The van der Waals surface area contributed by atoms with Crippen LogP contribution in [0.15, 0.2) is 36.4 Å². The van der Waals surface area contributed by atoms with Gasteiger partial charge in [-0.1, -0.05) is 0 Å². The molecule has 23 heavy (non-hydrogen) atoms. The number of phenolic OH excluding ortho intramolecular Hbond substituents is 2. The van der Waals surface area contributed by atoms with Gasteiger partial charge in [-0.15, -0.1) is 0 Å². The Kier molecular flexibility index (Phi) is 4.85. The molecule has 120 valence electrons. The van der Waals surface area contributed by atoms with Crippen LogP contribution in [-0.2, 0) is 4.74 Å². The van der Waals surface area contributed by atoms with Crippen LogP contribution in [0, 0.1) is 6.92 Å². The third kappa shape index (κ3) is 3.79. The first-order valence-electron chi connectivity index (χ1n) is 6.79. The molecule has 6 heteroatoms. The standard InChI is InChI=1S/C17H16O6/c1-10-7-13(15(19)8-14(10)18)16(20)9-23-12-5-3-11(4-6-12)17(21)22-2/h3-8,18-19H,9H2,1-2H3. The summed E-state index contributed by atoms with van der Waals surface area (Å²) in [6.45, 7) is 1.34. The van der Waals surface area contributed by atoms with E-state index in [0.717, 1.165) is 6.07 Å². The molecule has 0 aliphatic carbocycles. The molecule has 0 radical (unpaired) electrons. The number of hydrogen-bond acceptors (Lipinski definition) is 6. The molecular formula is C17H16O6. The van der Waals surface area contributed by atoms with Gasteiger partial charge in [-0.25, -0.2) is 4.79 Å². The maximum absolute atomic E-state index is 12.1. The van der Waals surface area contributed by atoms with Gasteiger partial charge in [0.1, 0.15) is 17.2 Å². The van der Waals surface area contributed by atoms with Crippen molar-refractivity contribution in [2.24, 2.45) is 0 Å². The van der Waals surface area contributed by atoms with Crippen LogP contribution in [-0.4, -0.2) is 35.7 Å². The molecule has 0 unspecified atom stereocenters. The van der Waals surface area contributed by atoms with Crippen LogP contribution >= 0.6 is 0 Å². The van der Waals surface area contributed by atoms with Gasteiger partial charge in [0.15, 0.2) is 6.61 Å². The number of aryl methyl sites for hydroxylation is 1. The molecule has 0 aliphatic heterocycles. The summed E-state index contributed by atoms with van der Waals surface area (Å²) in [4.78, 5) is 23.4. The lowest BCUT2D eigenvalue weighted by Crippen LogP contribution is -2.12. The van der Waals surface area contributed by atoms with Crippen LogP contribution in [0.5, 0.6) is 17.2 Å². The van der Waals surface area contributed by atoms with E-state index >= 15 is 0 Å². The number of Topliss-reactive ketones (excluding diaryl/α,β-unsaturated/α-hetero) is 1. The predicted molar refractivity (Wildman–Crippen MR) is 82.1 cm³/mol. The lowest BCUT2D eigenvalue weighted by Gasteiger charge is -2.09. The third-order valence-corrected chi connectivity index (χ3v) is 3.26. The molecule has 0 spiro atoms. The summed E-state index contributed by atoms with van der Waals surface area (Å²) in [6, 6.07) is 8.65. The number of carbonyl (C=O) groups excluding carboxylic acids is 2. The fourth-order valence-corrected chi connectivity index (χ4v) is 1.94. The van der Waals surface area contributed by atoms with E-state index in [1.807, 2.05) is 0 Å². The Morgan fingerprint density at radius 3 is 2.30 bits per heavy atom. The molecule has 0 aliphatic rings. The average molecular weight is 316 g/mol. The number of carbonyl (C=O) groups is 2. The Bertz CT molecular complexity index is 733. The summed E-state index contributed by atoms with van der Waals surface area (Å²) in [5.41, 5.74) is 0.929. The Balaban J connectivity index is 2.05. The lowest BCUT2D eigenvalue weighted by molar-refractivity contribution is 0.0600. The highest BCUT2D eigenvalue weighted by molar-refractivity contribution is 6.00. The zero-order chi connectivity index (χ0) is 17.0. The second kappa shape index (κ2) is 6.83. The number of ketones is 1. The smallest absolute Gasteiger partial charge is 0.337 e. The van der Waals surface area contributed by atoms with Gasteiger partial charge >= 0.3 is 5.97 Å². The van der Waals surface area contributed by atoms with E-state index < -0.39 is 11.8 Å². The molecule has 6 nitrogen and oxygen atoms in total. The van der Waals surface area contributed by atoms with E-state index in [-0.39, 0.29) is 23.7 Å². The van der Waals surface area contributed by atoms with Gasteiger partial charge in [0.25, 0.3) is 0 Å². The Morgan fingerprint density at radius 1 is 1.04 bits per heavy atom. The molecule has 2 aromatic carbocycles. The zero-order valence-electron chi connectivity index (χ0n) is 12.7. The lowest BCUT2D eigenvalue weighted by atomic mass is 10.1. The van der Waals surface area contributed by atoms with Crippen molar-refractivity contribution in [1.82, 2.24) is 0 Å². The normalized spacial score (nSPS) is 10.2. The van der Waals surface area contributed by atoms with Crippen molar-refractivity contribution in [2.75, 3.05) is 13.7 Å². The first kappa shape index (κ1) is 16.4. The SMILES string of the molecule is COC(=O)c1ccc(OCC(=O)c2cc(C)c(O)cc2O)cc1. The average Bonchev–Trinajstić information content (AvgIpc) is 2.55. The van der Waals surface area contributed by atoms with Gasteiger partial charge in [0.05, 0.1) is 18.2 Å². The van der Waals surface area contributed by atoms with Gasteiger partial charge < -0.3 is 19.7 Å². The first-order valence-corrected chi connectivity index (χ1v) is 6.79. The van der Waals surface area contributed by atoms with E-state index in [1.165, 1.54) is 25.3 Å². The number of hydrogen-bond donors (Lipinski definition) is 2. The van der Waals surface area contributed by atoms with Crippen LogP contribution in [0.4, 0.5) is 0 Å². The molecule has 2 N–H and O–H groups in total. The summed E-state index contributed by atoms with van der Waals surface area (Å²) in [7, 11) is 1.29. The van der Waals surface area contributed by atoms with Crippen LogP contribution in [0.2, 0.25) is 0 Å². The highest BCUT2D eigenvalue weighted by Gasteiger charge is 2.14. The molecule has 0 fully saturated rings. The van der Waals surface area contributed by atoms with E-state index in [9.17, 15) is 19.8 Å². The number of aromatic hydroxyl groups is 2. The molecular weight excluding hydrogens is 300 g/mol. The number of ether oxygens (including phenoxy) is 2. The molecule has 0 saturated carbocycles. The Morgan fingerprint density at radius 2 is 1.70 bits per heavy atom. The van der Waals surface area contributed by atoms with E-state index in [4.69, 9.17) is 4.74 Å². The molecule has 0 saturated heterocycles. The van der Waals surface area contributed by atoms with Crippen LogP contribution in [0.25, 0.3) is 0 Å². The summed E-state index contributed by atoms with van der Waals surface area (Å²) < 4.78 is 9.92. The van der Waals surface area contributed by atoms with E-state index in [2.05, 4.69) is 4.74 Å². The molecule has 0 aromatic heterocycles. The van der Waals surface area contributed by atoms with Gasteiger partial charge in [0, 0.05) is 6.07 Å². The molecule has 2 rings (SSSR count). The second-order valence-electron chi connectivity index (χ2n) is 4.88. The number of methoxy groups -OCH3 is 1. The van der Waals surface area contributed by atoms with Gasteiger partial charge in [-0.2, -0.15) is 0 Å². The largest absolute Gasteiger partial charge is 0.508 e. The van der Waals surface area contributed by atoms with E-state index in [1.54, 1.807) is 19.1 Å². The van der Waals surface area contributed by atoms with Crippen molar-refractivity contribution >= 4 is 11.8 Å². The van der Waals surface area contributed by atoms with Crippen molar-refractivity contribution < 1.29 is 29.3 Å². The van der Waals surface area contributed by atoms with Crippen molar-refractivity contribution in [3.63, 3.8) is 0 Å². The Hall–Kier alpha value is -3.02. The quantitative estimate of drug-likeness (QED) is 0.650. The minimum Gasteiger partial charge on any atom is -0.508 e. The number of phenols is 2. The number of benzene rings is 2. The highest BCUT2D eigenvalue weighted by atomic mass is 16.5. The van der Waals surface area contributed by atoms with Crippen molar-refractivity contribution in [2.45, 2.75) is 6.92 Å². The minimum absolute atomic E-state index is 0.0754. The monoisotopic (exact) mass is 316 g/mol. The fourth-order valence-electron chi connectivity index (χ4n) is 1.94. The molecule has 0 amide bonds. The van der Waals surface area contributed by atoms with Crippen LogP contribution in [0.3, 0.4) is 0 Å². The summed E-state index contributed by atoms with van der Waals surface area (Å²) in [5, 5.41) is 19.2. The van der Waals surface area contributed by atoms with Gasteiger partial charge in [-0.05, 0) is 42.8 Å². The summed E-state index contributed by atoms with van der Waals surface area (Å²) >= 11 is 0. The van der Waals surface area contributed by atoms with Crippen LogP contribution in [0.1, 0.15) is 26.3 Å². The topological polar surface area (TPSA) is 93.1 Å². The maximum atomic E-state index is 12.1. The third-order valence-electron chi connectivity index (χ3n) is 3.26. The van der Waals surface area contributed by atoms with Crippen molar-refractivity contribution in [1.29, 1.82) is 0 Å². The first-order chi connectivity index (χ1) is 10.9. The van der Waals surface area contributed by atoms with E-state index in [0.29, 0.717) is 16.9 Å². The molecule has 0 atom stereocenters. The summed E-state index contributed by atoms with van der Waals surface area (Å²) in [5.74, 6) is -0.873. The maximum Gasteiger partial charge on any atom is 0.337 e. The zero-order valence-corrected chi connectivity index (χ0v) is 12.7. The van der Waals surface area contributed by atoms with Gasteiger partial charge in [0.2, 0.25) is 5.78 Å². The predicted octanol–water partition coefficient (Wildman–Crippen LogP) is 2.45. The second-order valence-corrected chi connectivity index (χ2v) is 4.88. The highest BCUT2D eigenvalue weighted by Crippen LogP contribution is 2.27. The number of esters is 1. The van der Waals surface area contributed by atoms with Gasteiger partial charge in [-0.3, -0.25) is 4.79 Å². The number of rotatable bonds is 5. The molecule has 0 heterocycles. The summed E-state index contributed by atoms with van der Waals surface area (Å²) in [6.07, 6.45) is 0. The Labute approximate surface area is 132 Å². The van der Waals surface area contributed by atoms with Crippen molar-refractivity contribution in [3.05, 3.63) is 53.1 Å². The van der Waals surface area contributed by atoms with Crippen molar-refractivity contribution in [3.8, 4) is 17.2 Å².